The second kappa shape index (κ2) is 10.4. The lowest BCUT2D eigenvalue weighted by atomic mass is 9.94. The fourth-order valence-electron chi connectivity index (χ4n) is 4.59. The van der Waals surface area contributed by atoms with E-state index in [0.29, 0.717) is 21.6 Å². The number of ether oxygens (including phenoxy) is 1. The molecule has 2 aromatic heterocycles. The molecule has 5 rings (SSSR count). The summed E-state index contributed by atoms with van der Waals surface area (Å²) < 4.78 is 5.23. The molecule has 3 heterocycles. The summed E-state index contributed by atoms with van der Waals surface area (Å²) in [5.74, 6) is 0.740. The first-order chi connectivity index (χ1) is 17.8. The summed E-state index contributed by atoms with van der Waals surface area (Å²) in [5.41, 5.74) is 2.14. The maximum absolute atomic E-state index is 13.1. The van der Waals surface area contributed by atoms with Crippen molar-refractivity contribution in [2.75, 3.05) is 25.5 Å². The zero-order valence-electron chi connectivity index (χ0n) is 21.3. The van der Waals surface area contributed by atoms with Gasteiger partial charge in [-0.3, -0.25) is 19.6 Å². The Morgan fingerprint density at radius 3 is 2.43 bits per heavy atom. The fraction of sp³-hybridized carbons (Fsp3) is 0.321. The third kappa shape index (κ3) is 5.52. The topological polar surface area (TPSA) is 99.3 Å². The fourth-order valence-corrected chi connectivity index (χ4v) is 5.49. The predicted octanol–water partition coefficient (Wildman–Crippen LogP) is 5.15. The van der Waals surface area contributed by atoms with Crippen LogP contribution in [-0.4, -0.2) is 47.1 Å². The third-order valence-electron chi connectivity index (χ3n) is 6.77. The summed E-state index contributed by atoms with van der Waals surface area (Å²) in [6, 6.07) is 17.1. The number of carbonyl (C=O) groups excluding carboxylic acids is 2. The highest BCUT2D eigenvalue weighted by Crippen LogP contribution is 2.31. The molecule has 1 aliphatic heterocycles. The average molecular weight is 518 g/mol. The molecule has 0 atom stereocenters. The molecule has 0 unspecified atom stereocenters. The normalized spacial score (nSPS) is 14.1. The van der Waals surface area contributed by atoms with Gasteiger partial charge in [0.25, 0.3) is 11.8 Å². The Morgan fingerprint density at radius 1 is 1.05 bits per heavy atom. The highest BCUT2D eigenvalue weighted by Gasteiger charge is 2.25. The minimum absolute atomic E-state index is 0.193. The van der Waals surface area contributed by atoms with Gasteiger partial charge in [-0.2, -0.15) is 5.10 Å². The van der Waals surface area contributed by atoms with Crippen LogP contribution in [0.5, 0.6) is 5.75 Å². The van der Waals surface area contributed by atoms with E-state index in [4.69, 9.17) is 4.74 Å². The van der Waals surface area contributed by atoms with E-state index in [1.54, 1.807) is 13.2 Å². The largest absolute Gasteiger partial charge is 0.497 e. The van der Waals surface area contributed by atoms with Crippen molar-refractivity contribution in [3.05, 3.63) is 76.2 Å². The minimum atomic E-state index is -0.586. The molecule has 2 aromatic carbocycles. The number of aromatic amines is 1. The molecule has 192 valence electrons. The molecular weight excluding hydrogens is 486 g/mol. The number of benzene rings is 2. The molecule has 2 amide bonds. The zero-order chi connectivity index (χ0) is 26.0. The molecule has 0 radical (unpaired) electrons. The molecule has 1 aliphatic rings. The number of H-pyrrole nitrogens is 1. The number of hydrogen-bond donors (Lipinski definition) is 3. The summed E-state index contributed by atoms with van der Waals surface area (Å²) in [6.45, 7) is 7.09. The first kappa shape index (κ1) is 25.0. The van der Waals surface area contributed by atoms with Gasteiger partial charge in [0.05, 0.1) is 22.9 Å². The molecule has 0 saturated carbocycles. The van der Waals surface area contributed by atoms with E-state index < -0.39 is 5.54 Å². The molecule has 0 spiro atoms. The van der Waals surface area contributed by atoms with Crippen molar-refractivity contribution in [3.8, 4) is 5.75 Å². The van der Waals surface area contributed by atoms with Crippen LogP contribution in [0.3, 0.4) is 0 Å². The lowest BCUT2D eigenvalue weighted by Crippen LogP contribution is -2.40. The van der Waals surface area contributed by atoms with E-state index >= 15 is 0 Å². The van der Waals surface area contributed by atoms with Crippen molar-refractivity contribution < 1.29 is 14.3 Å². The third-order valence-corrected chi connectivity index (χ3v) is 7.81. The van der Waals surface area contributed by atoms with Gasteiger partial charge in [0.2, 0.25) is 0 Å². The lowest BCUT2D eigenvalue weighted by Gasteiger charge is -2.26. The van der Waals surface area contributed by atoms with E-state index in [9.17, 15) is 9.59 Å². The maximum Gasteiger partial charge on any atom is 0.262 e. The van der Waals surface area contributed by atoms with Gasteiger partial charge in [0.15, 0.2) is 5.82 Å². The first-order valence-corrected chi connectivity index (χ1v) is 13.2. The van der Waals surface area contributed by atoms with Crippen LogP contribution in [0, 0.1) is 0 Å². The number of nitrogens with zero attached hydrogens (tertiary/aromatic N) is 2. The Bertz CT molecular complexity index is 1400. The number of rotatable bonds is 8. The van der Waals surface area contributed by atoms with E-state index in [0.717, 1.165) is 35.8 Å². The zero-order valence-corrected chi connectivity index (χ0v) is 22.1. The number of amides is 2. The molecule has 9 heteroatoms. The molecule has 0 aliphatic carbocycles. The minimum Gasteiger partial charge on any atom is -0.497 e. The van der Waals surface area contributed by atoms with Crippen LogP contribution in [0.2, 0.25) is 0 Å². The van der Waals surface area contributed by atoms with Crippen molar-refractivity contribution in [1.29, 1.82) is 0 Å². The smallest absolute Gasteiger partial charge is 0.262 e. The van der Waals surface area contributed by atoms with Gasteiger partial charge in [-0.1, -0.05) is 24.3 Å². The van der Waals surface area contributed by atoms with Gasteiger partial charge in [0.1, 0.15) is 10.6 Å². The number of anilines is 1. The van der Waals surface area contributed by atoms with Crippen LogP contribution in [-0.2, 0) is 12.1 Å². The van der Waals surface area contributed by atoms with Crippen LogP contribution >= 0.6 is 11.3 Å². The van der Waals surface area contributed by atoms with Gasteiger partial charge in [-0.05, 0) is 81.2 Å². The van der Waals surface area contributed by atoms with Crippen molar-refractivity contribution in [1.82, 2.24) is 20.4 Å². The molecule has 0 bridgehead atoms. The van der Waals surface area contributed by atoms with Gasteiger partial charge in [-0.15, -0.1) is 11.3 Å². The number of likely N-dealkylation sites (tertiary alicyclic amines) is 1. The maximum atomic E-state index is 13.1. The van der Waals surface area contributed by atoms with Crippen molar-refractivity contribution >= 4 is 39.2 Å². The van der Waals surface area contributed by atoms with Crippen molar-refractivity contribution in [2.45, 2.75) is 38.8 Å². The molecule has 1 fully saturated rings. The van der Waals surface area contributed by atoms with Crippen LogP contribution in [0.1, 0.15) is 57.8 Å². The van der Waals surface area contributed by atoms with E-state index in [-0.39, 0.29) is 11.8 Å². The van der Waals surface area contributed by atoms with Crippen LogP contribution in [0.4, 0.5) is 5.82 Å². The highest BCUT2D eigenvalue weighted by molar-refractivity contribution is 7.20. The Morgan fingerprint density at radius 2 is 1.76 bits per heavy atom. The molecule has 37 heavy (non-hydrogen) atoms. The average Bonchev–Trinajstić information content (AvgIpc) is 3.63. The second-order valence-electron chi connectivity index (χ2n) is 9.87. The number of carbonyl (C=O) groups is 2. The Kier molecular flexibility index (Phi) is 6.99. The monoisotopic (exact) mass is 517 g/mol. The molecule has 1 saturated heterocycles. The summed E-state index contributed by atoms with van der Waals surface area (Å²) >= 11 is 1.30. The molecule has 3 N–H and O–H groups in total. The summed E-state index contributed by atoms with van der Waals surface area (Å²) in [4.78, 5) is 29.7. The van der Waals surface area contributed by atoms with Crippen LogP contribution in [0.25, 0.3) is 10.2 Å². The summed E-state index contributed by atoms with van der Waals surface area (Å²) in [5, 5.41) is 13.9. The molecular formula is C28H31N5O3S. The summed E-state index contributed by atoms with van der Waals surface area (Å²) in [6.07, 6.45) is 2.51. The van der Waals surface area contributed by atoms with Gasteiger partial charge < -0.3 is 15.4 Å². The number of nitrogens with one attached hydrogen (secondary N) is 3. The Balaban J connectivity index is 1.25. The first-order valence-electron chi connectivity index (χ1n) is 12.4. The van der Waals surface area contributed by atoms with E-state index in [1.165, 1.54) is 29.7 Å². The van der Waals surface area contributed by atoms with E-state index in [2.05, 4.69) is 25.7 Å². The van der Waals surface area contributed by atoms with Gasteiger partial charge >= 0.3 is 0 Å². The Hall–Kier alpha value is -3.69. The number of fused-ring (bicyclic) bond motifs is 1. The number of hydrogen-bond acceptors (Lipinski definition) is 6. The quantitative estimate of drug-likeness (QED) is 0.300. The number of methoxy groups -OCH3 is 1. The lowest BCUT2D eigenvalue weighted by molar-refractivity contribution is 0.0915. The summed E-state index contributed by atoms with van der Waals surface area (Å²) in [7, 11) is 1.62. The van der Waals surface area contributed by atoms with Gasteiger partial charge in [0, 0.05) is 12.1 Å². The predicted molar refractivity (Wildman–Crippen MR) is 146 cm³/mol. The highest BCUT2D eigenvalue weighted by atomic mass is 32.1. The number of thiophene rings is 1. The molecule has 4 aromatic rings. The Labute approximate surface area is 220 Å². The standard InChI is InChI=1S/C28H31N5O3S/c1-28(2,20-10-12-21(36-3)13-11-20)30-26(35)23-16-22-24(31-32-27(22)37-23)29-25(34)19-8-6-18(7-9-19)17-33-14-4-5-15-33/h6-13,16H,4-5,14-15,17H2,1-3H3,(H,30,35)(H2,29,31,32,34). The SMILES string of the molecule is COc1ccc(C(C)(C)NC(=O)c2cc3c(NC(=O)c4ccc(CN5CCCC5)cc4)n[nH]c3s2)cc1. The van der Waals surface area contributed by atoms with Crippen molar-refractivity contribution in [3.63, 3.8) is 0 Å². The van der Waals surface area contributed by atoms with Gasteiger partial charge in [-0.25, -0.2) is 0 Å². The van der Waals surface area contributed by atoms with E-state index in [1.807, 2.05) is 62.4 Å². The van der Waals surface area contributed by atoms with Crippen LogP contribution in [0.15, 0.2) is 54.6 Å². The molecule has 8 nitrogen and oxygen atoms in total. The van der Waals surface area contributed by atoms with Crippen molar-refractivity contribution in [2.24, 2.45) is 0 Å². The second-order valence-corrected chi connectivity index (χ2v) is 10.9. The van der Waals surface area contributed by atoms with Crippen LogP contribution < -0.4 is 15.4 Å². The number of aromatic nitrogens is 2.